The summed E-state index contributed by atoms with van der Waals surface area (Å²) in [5.74, 6) is 0.756. The standard InChI is InChI=1S/C17H18F3N5S2/c1-16(2)7-21-15(27-16)25-6-11-12(25)5-24(11)13-10-3-9(4-17(18,19)20)26-14(10)23-8-22-13/h3,8,11-12H,4-7H2,1-2H3. The number of hydrogen-bond acceptors (Lipinski definition) is 7. The molecule has 5 nitrogen and oxygen atoms in total. The number of likely N-dealkylation sites (tertiary alicyclic amines) is 1. The van der Waals surface area contributed by atoms with Crippen LogP contribution in [0.5, 0.6) is 0 Å². The van der Waals surface area contributed by atoms with E-state index in [2.05, 4.69) is 38.6 Å². The third kappa shape index (κ3) is 2.97. The molecule has 0 amide bonds. The molecule has 3 aliphatic heterocycles. The van der Waals surface area contributed by atoms with Gasteiger partial charge in [-0.3, -0.25) is 4.99 Å². The molecule has 144 valence electrons. The molecule has 2 fully saturated rings. The minimum absolute atomic E-state index is 0.161. The van der Waals surface area contributed by atoms with Crippen LogP contribution < -0.4 is 4.90 Å². The van der Waals surface area contributed by atoms with Crippen molar-refractivity contribution < 1.29 is 13.2 Å². The second-order valence-corrected chi connectivity index (χ2v) is 10.6. The van der Waals surface area contributed by atoms with Crippen molar-refractivity contribution in [3.05, 3.63) is 17.3 Å². The topological polar surface area (TPSA) is 44.6 Å². The number of anilines is 1. The summed E-state index contributed by atoms with van der Waals surface area (Å²) in [6, 6.07) is 2.37. The van der Waals surface area contributed by atoms with Crippen molar-refractivity contribution in [1.29, 1.82) is 0 Å². The fourth-order valence-corrected chi connectivity index (χ4v) is 5.94. The average Bonchev–Trinajstić information content (AvgIpc) is 3.09. The zero-order chi connectivity index (χ0) is 19.0. The first-order valence-electron chi connectivity index (χ1n) is 8.77. The number of amidine groups is 1. The molecule has 0 aliphatic carbocycles. The summed E-state index contributed by atoms with van der Waals surface area (Å²) in [5.41, 5.74) is 0. The lowest BCUT2D eigenvalue weighted by molar-refractivity contribution is -0.126. The Hall–Kier alpha value is -1.55. The molecule has 2 unspecified atom stereocenters. The molecule has 10 heteroatoms. The number of thiophene rings is 1. The molecular weight excluding hydrogens is 395 g/mol. The third-order valence-corrected chi connectivity index (χ3v) is 7.50. The van der Waals surface area contributed by atoms with Crippen LogP contribution >= 0.6 is 23.1 Å². The Kier molecular flexibility index (Phi) is 3.72. The first-order valence-corrected chi connectivity index (χ1v) is 10.4. The fourth-order valence-electron chi connectivity index (χ4n) is 3.84. The van der Waals surface area contributed by atoms with Gasteiger partial charge in [0.25, 0.3) is 0 Å². The first kappa shape index (κ1) is 17.5. The van der Waals surface area contributed by atoms with Gasteiger partial charge in [-0.25, -0.2) is 9.97 Å². The molecule has 2 atom stereocenters. The summed E-state index contributed by atoms with van der Waals surface area (Å²) in [6.07, 6.45) is -3.67. The van der Waals surface area contributed by atoms with E-state index in [-0.39, 0.29) is 9.62 Å². The van der Waals surface area contributed by atoms with Crippen LogP contribution in [0.4, 0.5) is 19.0 Å². The van der Waals surface area contributed by atoms with Crippen LogP contribution in [0.25, 0.3) is 10.2 Å². The van der Waals surface area contributed by atoms with E-state index in [1.54, 1.807) is 6.07 Å². The molecule has 0 aromatic carbocycles. The molecule has 0 N–H and O–H groups in total. The molecule has 0 radical (unpaired) electrons. The Balaban J connectivity index is 1.33. The maximum atomic E-state index is 12.7. The summed E-state index contributed by atoms with van der Waals surface area (Å²) in [4.78, 5) is 18.7. The molecule has 5 rings (SSSR count). The van der Waals surface area contributed by atoms with E-state index in [9.17, 15) is 13.2 Å². The smallest absolute Gasteiger partial charge is 0.347 e. The number of alkyl halides is 3. The lowest BCUT2D eigenvalue weighted by atomic mass is 9.86. The molecule has 0 saturated carbocycles. The van der Waals surface area contributed by atoms with Gasteiger partial charge in [0.05, 0.1) is 30.4 Å². The van der Waals surface area contributed by atoms with Gasteiger partial charge < -0.3 is 9.80 Å². The quantitative estimate of drug-likeness (QED) is 0.754. The maximum Gasteiger partial charge on any atom is 0.393 e. The van der Waals surface area contributed by atoms with Gasteiger partial charge in [0.15, 0.2) is 5.17 Å². The fraction of sp³-hybridized carbons (Fsp3) is 0.588. The molecular formula is C17H18F3N5S2. The third-order valence-electron chi connectivity index (χ3n) is 5.23. The lowest BCUT2D eigenvalue weighted by Crippen LogP contribution is -2.79. The van der Waals surface area contributed by atoms with Gasteiger partial charge in [-0.05, 0) is 19.9 Å². The highest BCUT2D eigenvalue weighted by Crippen LogP contribution is 2.44. The predicted molar refractivity (Wildman–Crippen MR) is 103 cm³/mol. The summed E-state index contributed by atoms with van der Waals surface area (Å²) in [7, 11) is 0. The number of hydrogen-bond donors (Lipinski definition) is 0. The molecule has 3 aliphatic rings. The highest BCUT2D eigenvalue weighted by molar-refractivity contribution is 8.15. The van der Waals surface area contributed by atoms with E-state index in [1.807, 2.05) is 11.8 Å². The van der Waals surface area contributed by atoms with Gasteiger partial charge in [-0.15, -0.1) is 11.3 Å². The second-order valence-electron chi connectivity index (χ2n) is 7.82. The number of aromatic nitrogens is 2. The number of halogens is 3. The number of rotatable bonds is 2. The van der Waals surface area contributed by atoms with Gasteiger partial charge in [-0.2, -0.15) is 13.2 Å². The summed E-state index contributed by atoms with van der Waals surface area (Å²) in [5, 5.41) is 1.85. The summed E-state index contributed by atoms with van der Waals surface area (Å²) < 4.78 is 38.3. The van der Waals surface area contributed by atoms with Gasteiger partial charge in [0, 0.05) is 22.7 Å². The minimum atomic E-state index is -4.21. The zero-order valence-corrected chi connectivity index (χ0v) is 16.5. The highest BCUT2D eigenvalue weighted by Gasteiger charge is 2.54. The SMILES string of the molecule is CC1(C)CN=C(N2CC3C2CN3c2ncnc3sc(CC(F)(F)F)cc23)S1. The Morgan fingerprint density at radius 3 is 2.56 bits per heavy atom. The van der Waals surface area contributed by atoms with Crippen LogP contribution in [0.2, 0.25) is 0 Å². The van der Waals surface area contributed by atoms with E-state index < -0.39 is 12.6 Å². The van der Waals surface area contributed by atoms with Crippen LogP contribution in [0.15, 0.2) is 17.4 Å². The van der Waals surface area contributed by atoms with E-state index >= 15 is 0 Å². The predicted octanol–water partition coefficient (Wildman–Crippen LogP) is 3.55. The number of nitrogens with zero attached hydrogens (tertiary/aromatic N) is 5. The van der Waals surface area contributed by atoms with Gasteiger partial charge >= 0.3 is 6.18 Å². The van der Waals surface area contributed by atoms with Crippen molar-refractivity contribution in [2.75, 3.05) is 24.5 Å². The maximum absolute atomic E-state index is 12.7. The molecule has 2 aromatic rings. The van der Waals surface area contributed by atoms with Crippen LogP contribution in [0.3, 0.4) is 0 Å². The molecule has 0 spiro atoms. The van der Waals surface area contributed by atoms with Gasteiger partial charge in [0.1, 0.15) is 17.0 Å². The number of piperazine rings is 1. The van der Waals surface area contributed by atoms with E-state index in [1.165, 1.54) is 6.33 Å². The van der Waals surface area contributed by atoms with Crippen molar-refractivity contribution in [2.24, 2.45) is 4.99 Å². The van der Waals surface area contributed by atoms with Crippen molar-refractivity contribution in [3.63, 3.8) is 0 Å². The molecule has 2 aromatic heterocycles. The Bertz CT molecular complexity index is 938. The number of fused-ring (bicyclic) bond motifs is 2. The van der Waals surface area contributed by atoms with Crippen LogP contribution in [-0.4, -0.2) is 62.7 Å². The van der Waals surface area contributed by atoms with Crippen molar-refractivity contribution in [2.45, 2.75) is 43.3 Å². The van der Waals surface area contributed by atoms with Crippen LogP contribution in [0, 0.1) is 0 Å². The average molecular weight is 413 g/mol. The molecule has 2 saturated heterocycles. The Morgan fingerprint density at radius 1 is 1.19 bits per heavy atom. The zero-order valence-electron chi connectivity index (χ0n) is 14.8. The number of aliphatic imine (C=N–C) groups is 1. The molecule has 5 heterocycles. The monoisotopic (exact) mass is 413 g/mol. The van der Waals surface area contributed by atoms with Gasteiger partial charge in [-0.1, -0.05) is 11.8 Å². The normalized spacial score (nSPS) is 26.6. The van der Waals surface area contributed by atoms with Crippen LogP contribution in [0.1, 0.15) is 18.7 Å². The lowest BCUT2D eigenvalue weighted by Gasteiger charge is -2.62. The summed E-state index contributed by atoms with van der Waals surface area (Å²) >= 11 is 2.93. The van der Waals surface area contributed by atoms with Gasteiger partial charge in [0.2, 0.25) is 0 Å². The second kappa shape index (κ2) is 5.73. The van der Waals surface area contributed by atoms with Crippen molar-refractivity contribution in [1.82, 2.24) is 14.9 Å². The Labute approximate surface area is 162 Å². The minimum Gasteiger partial charge on any atom is -0.347 e. The Morgan fingerprint density at radius 2 is 1.93 bits per heavy atom. The van der Waals surface area contributed by atoms with E-state index in [0.29, 0.717) is 16.9 Å². The number of thioether (sulfide) groups is 1. The molecule has 27 heavy (non-hydrogen) atoms. The largest absolute Gasteiger partial charge is 0.393 e. The first-order chi connectivity index (χ1) is 12.7. The van der Waals surface area contributed by atoms with E-state index in [4.69, 9.17) is 0 Å². The highest BCUT2D eigenvalue weighted by atomic mass is 32.2. The van der Waals surface area contributed by atoms with E-state index in [0.717, 1.165) is 47.3 Å². The summed E-state index contributed by atoms with van der Waals surface area (Å²) in [6.45, 7) is 6.95. The van der Waals surface area contributed by atoms with Crippen molar-refractivity contribution >= 4 is 44.3 Å². The van der Waals surface area contributed by atoms with Crippen LogP contribution in [-0.2, 0) is 6.42 Å². The molecule has 0 bridgehead atoms. The van der Waals surface area contributed by atoms with Crippen molar-refractivity contribution in [3.8, 4) is 0 Å².